The minimum Gasteiger partial charge on any atom is -0.495 e. The largest absolute Gasteiger partial charge is 0.495 e. The SMILES string of the molecule is COc1ccc(CN(C)Cc2nc(N)nc(Nc3ccccc3OC)n2)cc1F. The second-order valence-corrected chi connectivity index (χ2v) is 6.40. The van der Waals surface area contributed by atoms with E-state index >= 15 is 0 Å². The van der Waals surface area contributed by atoms with Crippen LogP contribution >= 0.6 is 0 Å². The standard InChI is InChI=1S/C20H23FN6O2/c1-27(11-13-8-9-16(28-2)14(21)10-13)12-18-24-19(22)26-20(25-18)23-15-6-4-5-7-17(15)29-3/h4-10H,11-12H2,1-3H3,(H3,22,23,24,25,26). The highest BCUT2D eigenvalue weighted by Crippen LogP contribution is 2.25. The highest BCUT2D eigenvalue weighted by atomic mass is 19.1. The first kappa shape index (κ1) is 20.3. The van der Waals surface area contributed by atoms with Gasteiger partial charge in [-0.05, 0) is 36.9 Å². The average Bonchev–Trinajstić information content (AvgIpc) is 2.68. The first-order valence-electron chi connectivity index (χ1n) is 8.90. The molecule has 1 aromatic heterocycles. The summed E-state index contributed by atoms with van der Waals surface area (Å²) in [6.45, 7) is 0.906. The summed E-state index contributed by atoms with van der Waals surface area (Å²) in [6.07, 6.45) is 0. The van der Waals surface area contributed by atoms with Crippen LogP contribution in [-0.4, -0.2) is 41.1 Å². The predicted octanol–water partition coefficient (Wildman–Crippen LogP) is 2.99. The molecule has 9 heteroatoms. The third-order valence-electron chi connectivity index (χ3n) is 4.13. The van der Waals surface area contributed by atoms with Crippen LogP contribution in [0.4, 0.5) is 22.0 Å². The first-order valence-corrected chi connectivity index (χ1v) is 8.90. The van der Waals surface area contributed by atoms with Gasteiger partial charge < -0.3 is 20.5 Å². The molecule has 0 radical (unpaired) electrons. The lowest BCUT2D eigenvalue weighted by Gasteiger charge is -2.17. The first-order chi connectivity index (χ1) is 14.0. The summed E-state index contributed by atoms with van der Waals surface area (Å²) in [6, 6.07) is 12.3. The van der Waals surface area contributed by atoms with Crippen molar-refractivity contribution in [2.24, 2.45) is 0 Å². The number of halogens is 1. The fourth-order valence-corrected chi connectivity index (χ4v) is 2.85. The van der Waals surface area contributed by atoms with Crippen LogP contribution in [0.15, 0.2) is 42.5 Å². The molecule has 2 aromatic carbocycles. The number of hydrogen-bond donors (Lipinski definition) is 2. The quantitative estimate of drug-likeness (QED) is 0.598. The summed E-state index contributed by atoms with van der Waals surface area (Å²) in [7, 11) is 4.91. The number of nitrogens with one attached hydrogen (secondary N) is 1. The number of anilines is 3. The summed E-state index contributed by atoms with van der Waals surface area (Å²) in [5.41, 5.74) is 7.37. The minimum atomic E-state index is -0.397. The highest BCUT2D eigenvalue weighted by molar-refractivity contribution is 5.62. The Morgan fingerprint density at radius 3 is 2.48 bits per heavy atom. The number of nitrogens with zero attached hydrogens (tertiary/aromatic N) is 4. The van der Waals surface area contributed by atoms with Gasteiger partial charge in [-0.1, -0.05) is 18.2 Å². The van der Waals surface area contributed by atoms with Crippen molar-refractivity contribution >= 4 is 17.6 Å². The predicted molar refractivity (Wildman–Crippen MR) is 109 cm³/mol. The van der Waals surface area contributed by atoms with Gasteiger partial charge in [-0.15, -0.1) is 0 Å². The Kier molecular flexibility index (Phi) is 6.40. The Balaban J connectivity index is 1.71. The Bertz CT molecular complexity index is 985. The van der Waals surface area contributed by atoms with Crippen molar-refractivity contribution in [3.05, 3.63) is 59.7 Å². The fourth-order valence-electron chi connectivity index (χ4n) is 2.85. The Labute approximate surface area is 168 Å². The normalized spacial score (nSPS) is 10.8. The zero-order valence-electron chi connectivity index (χ0n) is 16.5. The molecule has 0 saturated heterocycles. The molecule has 3 rings (SSSR count). The van der Waals surface area contributed by atoms with E-state index in [0.717, 1.165) is 5.56 Å². The highest BCUT2D eigenvalue weighted by Gasteiger charge is 2.11. The Hall–Kier alpha value is -3.46. The summed E-state index contributed by atoms with van der Waals surface area (Å²) >= 11 is 0. The number of nitrogens with two attached hydrogens (primary N) is 1. The van der Waals surface area contributed by atoms with Gasteiger partial charge in [0.05, 0.1) is 26.5 Å². The summed E-state index contributed by atoms with van der Waals surface area (Å²) in [5, 5.41) is 3.10. The van der Waals surface area contributed by atoms with Crippen LogP contribution in [0, 0.1) is 5.82 Å². The maximum Gasteiger partial charge on any atom is 0.232 e. The maximum absolute atomic E-state index is 13.9. The number of aromatic nitrogens is 3. The topological polar surface area (TPSA) is 98.4 Å². The molecule has 152 valence electrons. The van der Waals surface area contributed by atoms with E-state index in [1.54, 1.807) is 13.2 Å². The number of benzene rings is 2. The molecule has 0 saturated carbocycles. The second kappa shape index (κ2) is 9.16. The second-order valence-electron chi connectivity index (χ2n) is 6.40. The van der Waals surface area contributed by atoms with Crippen molar-refractivity contribution in [1.82, 2.24) is 19.9 Å². The number of hydrogen-bond acceptors (Lipinski definition) is 8. The van der Waals surface area contributed by atoms with E-state index in [1.807, 2.05) is 42.3 Å². The summed E-state index contributed by atoms with van der Waals surface area (Å²) in [4.78, 5) is 14.7. The van der Waals surface area contributed by atoms with Gasteiger partial charge in [0, 0.05) is 6.54 Å². The molecule has 3 N–H and O–H groups in total. The van der Waals surface area contributed by atoms with Gasteiger partial charge in [0.1, 0.15) is 11.6 Å². The zero-order chi connectivity index (χ0) is 20.8. The van der Waals surface area contributed by atoms with E-state index in [-0.39, 0.29) is 11.7 Å². The number of methoxy groups -OCH3 is 2. The molecular weight excluding hydrogens is 375 g/mol. The molecule has 0 aliphatic heterocycles. The van der Waals surface area contributed by atoms with Crippen LogP contribution in [0.5, 0.6) is 11.5 Å². The van der Waals surface area contributed by atoms with Crippen molar-refractivity contribution in [3.8, 4) is 11.5 Å². The third-order valence-corrected chi connectivity index (χ3v) is 4.13. The van der Waals surface area contributed by atoms with Gasteiger partial charge in [0.15, 0.2) is 11.6 Å². The van der Waals surface area contributed by atoms with Crippen molar-refractivity contribution < 1.29 is 13.9 Å². The molecule has 0 unspecified atom stereocenters. The van der Waals surface area contributed by atoms with E-state index < -0.39 is 5.82 Å². The molecule has 0 spiro atoms. The lowest BCUT2D eigenvalue weighted by atomic mass is 10.2. The average molecular weight is 398 g/mol. The number of ether oxygens (including phenoxy) is 2. The number of para-hydroxylation sites is 2. The zero-order valence-corrected chi connectivity index (χ0v) is 16.5. The van der Waals surface area contributed by atoms with E-state index in [1.165, 1.54) is 13.2 Å². The smallest absolute Gasteiger partial charge is 0.232 e. The third kappa shape index (κ3) is 5.29. The van der Waals surface area contributed by atoms with Gasteiger partial charge in [-0.2, -0.15) is 15.0 Å². The summed E-state index contributed by atoms with van der Waals surface area (Å²) in [5.74, 6) is 1.40. The van der Waals surface area contributed by atoms with Crippen molar-refractivity contribution in [2.45, 2.75) is 13.1 Å². The number of nitrogen functional groups attached to an aromatic ring is 1. The van der Waals surface area contributed by atoms with Gasteiger partial charge in [0.25, 0.3) is 0 Å². The van der Waals surface area contributed by atoms with Crippen LogP contribution in [0.25, 0.3) is 0 Å². The molecule has 8 nitrogen and oxygen atoms in total. The molecule has 0 amide bonds. The van der Waals surface area contributed by atoms with Gasteiger partial charge in [0.2, 0.25) is 11.9 Å². The molecule has 29 heavy (non-hydrogen) atoms. The van der Waals surface area contributed by atoms with E-state index in [9.17, 15) is 4.39 Å². The van der Waals surface area contributed by atoms with Crippen LogP contribution in [0.1, 0.15) is 11.4 Å². The monoisotopic (exact) mass is 398 g/mol. The van der Waals surface area contributed by atoms with E-state index in [4.69, 9.17) is 15.2 Å². The lowest BCUT2D eigenvalue weighted by molar-refractivity contribution is 0.309. The molecule has 1 heterocycles. The molecular formula is C20H23FN6O2. The minimum absolute atomic E-state index is 0.108. The molecule has 0 atom stereocenters. The van der Waals surface area contributed by atoms with Crippen molar-refractivity contribution in [3.63, 3.8) is 0 Å². The van der Waals surface area contributed by atoms with Crippen LogP contribution in [0.3, 0.4) is 0 Å². The van der Waals surface area contributed by atoms with Crippen molar-refractivity contribution in [1.29, 1.82) is 0 Å². The molecule has 0 fully saturated rings. The molecule has 3 aromatic rings. The summed E-state index contributed by atoms with van der Waals surface area (Å²) < 4.78 is 24.2. The van der Waals surface area contributed by atoms with Gasteiger partial charge in [-0.3, -0.25) is 4.90 Å². The maximum atomic E-state index is 13.9. The van der Waals surface area contributed by atoms with Crippen LogP contribution < -0.4 is 20.5 Å². The van der Waals surface area contributed by atoms with E-state index in [0.29, 0.717) is 36.3 Å². The van der Waals surface area contributed by atoms with E-state index in [2.05, 4.69) is 20.3 Å². The van der Waals surface area contributed by atoms with Crippen LogP contribution in [-0.2, 0) is 13.1 Å². The Morgan fingerprint density at radius 1 is 1.00 bits per heavy atom. The van der Waals surface area contributed by atoms with Crippen molar-refractivity contribution in [2.75, 3.05) is 32.3 Å². The lowest BCUT2D eigenvalue weighted by Crippen LogP contribution is -2.20. The van der Waals surface area contributed by atoms with Gasteiger partial charge in [-0.25, -0.2) is 4.39 Å². The molecule has 0 aliphatic carbocycles. The fraction of sp³-hybridized carbons (Fsp3) is 0.250. The Morgan fingerprint density at radius 2 is 1.76 bits per heavy atom. The number of rotatable bonds is 8. The van der Waals surface area contributed by atoms with Crippen LogP contribution in [0.2, 0.25) is 0 Å². The molecule has 0 aliphatic rings. The van der Waals surface area contributed by atoms with Gasteiger partial charge >= 0.3 is 0 Å². The molecule has 0 bridgehead atoms.